The van der Waals surface area contributed by atoms with Crippen LogP contribution in [0.25, 0.3) is 5.70 Å². The summed E-state index contributed by atoms with van der Waals surface area (Å²) >= 11 is 0. The van der Waals surface area contributed by atoms with Crippen LogP contribution in [0, 0.1) is 35.5 Å². The molecule has 1 aliphatic heterocycles. The van der Waals surface area contributed by atoms with Crippen LogP contribution in [0.1, 0.15) is 29.5 Å². The van der Waals surface area contributed by atoms with E-state index in [0.29, 0.717) is 5.92 Å². The van der Waals surface area contributed by atoms with Crippen molar-refractivity contribution in [2.24, 2.45) is 5.92 Å². The normalized spacial score (nSPS) is 14.8. The lowest BCUT2D eigenvalue weighted by Crippen LogP contribution is -2.33. The largest absolute Gasteiger partial charge is 0.371 e. The van der Waals surface area contributed by atoms with Crippen LogP contribution in [-0.4, -0.2) is 18.0 Å². The minimum absolute atomic E-state index is 0.128. The van der Waals surface area contributed by atoms with Gasteiger partial charge in [-0.1, -0.05) is 60.2 Å². The lowest BCUT2D eigenvalue weighted by Gasteiger charge is -2.35. The van der Waals surface area contributed by atoms with E-state index in [1.165, 1.54) is 11.1 Å². The van der Waals surface area contributed by atoms with E-state index < -0.39 is 0 Å². The highest BCUT2D eigenvalue weighted by atomic mass is 15.1. The molecule has 3 rings (SSSR count). The fraction of sp³-hybridized carbons (Fsp3) is 0.280. The Bertz CT molecular complexity index is 900. The lowest BCUT2D eigenvalue weighted by atomic mass is 9.89. The molecule has 0 unspecified atom stereocenters. The van der Waals surface area contributed by atoms with Gasteiger partial charge in [-0.15, -0.1) is 0 Å². The molecule has 0 aliphatic carbocycles. The second kappa shape index (κ2) is 9.58. The van der Waals surface area contributed by atoms with Gasteiger partial charge in [0.15, 0.2) is 0 Å². The molecule has 2 aromatic carbocycles. The smallest absolute Gasteiger partial charge is 0.129 e. The van der Waals surface area contributed by atoms with Crippen LogP contribution in [0.15, 0.2) is 72.3 Å². The highest BCUT2D eigenvalue weighted by molar-refractivity contribution is 5.66. The van der Waals surface area contributed by atoms with E-state index in [4.69, 9.17) is 10.5 Å². The zero-order chi connectivity index (χ0) is 19.8. The number of nitriles is 2. The summed E-state index contributed by atoms with van der Waals surface area (Å²) < 4.78 is 0. The topological polar surface area (TPSA) is 50.8 Å². The summed E-state index contributed by atoms with van der Waals surface area (Å²) in [6.45, 7) is 4.05. The molecular weight excluding hydrogens is 342 g/mol. The van der Waals surface area contributed by atoms with Crippen LogP contribution in [0.5, 0.6) is 0 Å². The van der Waals surface area contributed by atoms with Gasteiger partial charge in [0.2, 0.25) is 0 Å². The first-order valence-electron chi connectivity index (χ1n) is 9.77. The van der Waals surface area contributed by atoms with Crippen molar-refractivity contribution < 1.29 is 0 Å². The first-order chi connectivity index (χ1) is 13.7. The quantitative estimate of drug-likeness (QED) is 0.535. The first kappa shape index (κ1) is 19.5. The molecule has 3 nitrogen and oxygen atoms in total. The van der Waals surface area contributed by atoms with Crippen LogP contribution >= 0.6 is 0 Å². The van der Waals surface area contributed by atoms with Gasteiger partial charge in [-0.3, -0.25) is 0 Å². The molecule has 0 bridgehead atoms. The molecule has 1 fully saturated rings. The molecule has 2 aromatic rings. The molecular formula is C25H25N3. The van der Waals surface area contributed by atoms with Crippen LogP contribution in [0.3, 0.4) is 0 Å². The van der Waals surface area contributed by atoms with Crippen molar-refractivity contribution in [1.29, 1.82) is 10.5 Å². The minimum atomic E-state index is 0.128. The maximum Gasteiger partial charge on any atom is 0.129 e. The van der Waals surface area contributed by atoms with Gasteiger partial charge in [0.25, 0.3) is 0 Å². The first-order valence-corrected chi connectivity index (χ1v) is 9.77. The van der Waals surface area contributed by atoms with Gasteiger partial charge in [0.05, 0.1) is 0 Å². The van der Waals surface area contributed by atoms with Gasteiger partial charge in [-0.2, -0.15) is 10.5 Å². The van der Waals surface area contributed by atoms with E-state index in [0.717, 1.165) is 43.6 Å². The van der Waals surface area contributed by atoms with Gasteiger partial charge in [0, 0.05) is 18.8 Å². The maximum absolute atomic E-state index is 9.05. The van der Waals surface area contributed by atoms with E-state index in [1.54, 1.807) is 6.08 Å². The number of hydrogen-bond donors (Lipinski definition) is 0. The number of aryl methyl sites for hydroxylation is 1. The molecule has 28 heavy (non-hydrogen) atoms. The Hall–Kier alpha value is -3.30. The number of piperidine rings is 1. The number of benzene rings is 2. The molecule has 0 radical (unpaired) electrons. The molecule has 3 heteroatoms. The second-order valence-electron chi connectivity index (χ2n) is 7.34. The minimum Gasteiger partial charge on any atom is -0.371 e. The van der Waals surface area contributed by atoms with Gasteiger partial charge in [-0.25, -0.2) is 0 Å². The number of hydrogen-bond acceptors (Lipinski definition) is 3. The van der Waals surface area contributed by atoms with Crippen LogP contribution < -0.4 is 0 Å². The predicted octanol–water partition coefficient (Wildman–Crippen LogP) is 5.26. The number of likely N-dealkylation sites (tertiary alicyclic amines) is 1. The third-order valence-electron chi connectivity index (χ3n) is 5.32. The average Bonchev–Trinajstić information content (AvgIpc) is 2.74. The fourth-order valence-corrected chi connectivity index (χ4v) is 3.70. The van der Waals surface area contributed by atoms with E-state index >= 15 is 0 Å². The van der Waals surface area contributed by atoms with Crippen LogP contribution in [-0.2, 0) is 6.42 Å². The monoisotopic (exact) mass is 367 g/mol. The Morgan fingerprint density at radius 1 is 0.964 bits per heavy atom. The van der Waals surface area contributed by atoms with Gasteiger partial charge in [-0.05, 0) is 55.4 Å². The zero-order valence-electron chi connectivity index (χ0n) is 16.3. The molecule has 0 saturated carbocycles. The Morgan fingerprint density at radius 2 is 1.61 bits per heavy atom. The molecule has 1 saturated heterocycles. The summed E-state index contributed by atoms with van der Waals surface area (Å²) in [5.74, 6) is 0.697. The van der Waals surface area contributed by atoms with Gasteiger partial charge in [0.1, 0.15) is 17.7 Å². The average molecular weight is 367 g/mol. The molecule has 0 spiro atoms. The van der Waals surface area contributed by atoms with Gasteiger partial charge >= 0.3 is 0 Å². The molecule has 0 aromatic heterocycles. The predicted molar refractivity (Wildman–Crippen MR) is 113 cm³/mol. The lowest BCUT2D eigenvalue weighted by molar-refractivity contribution is 0.254. The molecule has 0 N–H and O–H groups in total. The standard InChI is InChI=1S/C25H25N3/c1-20-7-10-24(11-8-20)25(12-9-23(18-26)19-27)28-15-13-22(14-16-28)17-21-5-3-2-4-6-21/h2-12,22H,13-17H2,1H3. The Balaban J connectivity index is 1.75. The van der Waals surface area contributed by atoms with Gasteiger partial charge < -0.3 is 4.90 Å². The number of nitrogens with zero attached hydrogens (tertiary/aromatic N) is 3. The Labute approximate surface area is 167 Å². The molecule has 1 heterocycles. The van der Waals surface area contributed by atoms with Crippen molar-refractivity contribution in [1.82, 2.24) is 4.90 Å². The molecule has 1 aliphatic rings. The van der Waals surface area contributed by atoms with E-state index in [9.17, 15) is 0 Å². The fourth-order valence-electron chi connectivity index (χ4n) is 3.70. The summed E-state index contributed by atoms with van der Waals surface area (Å²) in [7, 11) is 0. The second-order valence-corrected chi connectivity index (χ2v) is 7.34. The number of rotatable bonds is 5. The summed E-state index contributed by atoms with van der Waals surface area (Å²) in [5, 5.41) is 18.1. The maximum atomic E-state index is 9.05. The van der Waals surface area contributed by atoms with Crippen molar-refractivity contribution in [3.8, 4) is 12.1 Å². The summed E-state index contributed by atoms with van der Waals surface area (Å²) in [6.07, 6.45) is 6.97. The van der Waals surface area contributed by atoms with E-state index in [2.05, 4.69) is 66.4 Å². The third kappa shape index (κ3) is 5.12. The van der Waals surface area contributed by atoms with E-state index in [-0.39, 0.29) is 5.57 Å². The summed E-state index contributed by atoms with van der Waals surface area (Å²) in [5.41, 5.74) is 4.96. The molecule has 0 atom stereocenters. The highest BCUT2D eigenvalue weighted by Crippen LogP contribution is 2.28. The zero-order valence-corrected chi connectivity index (χ0v) is 16.3. The SMILES string of the molecule is Cc1ccc(C(=CC=C(C#N)C#N)N2CCC(Cc3ccccc3)CC2)cc1. The molecule has 0 amide bonds. The Kier molecular flexibility index (Phi) is 6.66. The van der Waals surface area contributed by atoms with Crippen molar-refractivity contribution in [2.45, 2.75) is 26.2 Å². The summed E-state index contributed by atoms with van der Waals surface area (Å²) in [6, 6.07) is 23.0. The van der Waals surface area contributed by atoms with Crippen molar-refractivity contribution >= 4 is 5.70 Å². The van der Waals surface area contributed by atoms with E-state index in [1.807, 2.05) is 18.2 Å². The van der Waals surface area contributed by atoms with Crippen molar-refractivity contribution in [3.63, 3.8) is 0 Å². The summed E-state index contributed by atoms with van der Waals surface area (Å²) in [4.78, 5) is 2.38. The number of allylic oxidation sites excluding steroid dienone is 3. The van der Waals surface area contributed by atoms with Crippen molar-refractivity contribution in [3.05, 3.63) is 89.0 Å². The highest BCUT2D eigenvalue weighted by Gasteiger charge is 2.21. The third-order valence-corrected chi connectivity index (χ3v) is 5.32. The molecule has 140 valence electrons. The van der Waals surface area contributed by atoms with Crippen LogP contribution in [0.2, 0.25) is 0 Å². The van der Waals surface area contributed by atoms with Crippen LogP contribution in [0.4, 0.5) is 0 Å². The van der Waals surface area contributed by atoms with Crippen molar-refractivity contribution in [2.75, 3.05) is 13.1 Å². The Morgan fingerprint density at radius 3 is 2.21 bits per heavy atom.